The largest absolute Gasteiger partial charge is 0.480 e. The van der Waals surface area contributed by atoms with Crippen molar-refractivity contribution in [3.8, 4) is 6.07 Å². The van der Waals surface area contributed by atoms with E-state index in [0.717, 1.165) is 0 Å². The number of carbonyl (C=O) groups is 2. The highest BCUT2D eigenvalue weighted by Gasteiger charge is 2.21. The monoisotopic (exact) mass is 365 g/mol. The molecule has 134 valence electrons. The number of benzene rings is 1. The van der Waals surface area contributed by atoms with Gasteiger partial charge in [0.25, 0.3) is 5.91 Å². The van der Waals surface area contributed by atoms with Crippen molar-refractivity contribution in [1.29, 1.82) is 5.26 Å². The third kappa shape index (κ3) is 7.27. The van der Waals surface area contributed by atoms with Gasteiger partial charge in [0.05, 0.1) is 0 Å². The van der Waals surface area contributed by atoms with Crippen LogP contribution < -0.4 is 10.6 Å². The van der Waals surface area contributed by atoms with Gasteiger partial charge < -0.3 is 15.7 Å². The Morgan fingerprint density at radius 1 is 1.44 bits per heavy atom. The van der Waals surface area contributed by atoms with Crippen LogP contribution in [0.2, 0.25) is 0 Å². The summed E-state index contributed by atoms with van der Waals surface area (Å²) in [6, 6.07) is 7.02. The molecular formula is C17H20FN3O3S. The van der Waals surface area contributed by atoms with Crippen LogP contribution in [0.15, 0.2) is 36.0 Å². The molecule has 0 heterocycles. The maximum absolute atomic E-state index is 13.5. The van der Waals surface area contributed by atoms with Gasteiger partial charge in [-0.15, -0.1) is 0 Å². The summed E-state index contributed by atoms with van der Waals surface area (Å²) in [5.74, 6) is -1.64. The van der Waals surface area contributed by atoms with E-state index in [4.69, 9.17) is 10.4 Å². The summed E-state index contributed by atoms with van der Waals surface area (Å²) in [7, 11) is 0. The minimum atomic E-state index is -1.15. The second-order valence-electron chi connectivity index (χ2n) is 5.11. The van der Waals surface area contributed by atoms with Gasteiger partial charge in [0, 0.05) is 12.7 Å². The van der Waals surface area contributed by atoms with Crippen LogP contribution in [0.4, 0.5) is 4.39 Å². The molecule has 25 heavy (non-hydrogen) atoms. The van der Waals surface area contributed by atoms with Crippen molar-refractivity contribution >= 4 is 23.6 Å². The molecule has 1 amide bonds. The van der Waals surface area contributed by atoms with Crippen molar-refractivity contribution in [2.75, 3.05) is 18.6 Å². The van der Waals surface area contributed by atoms with Gasteiger partial charge in [-0.2, -0.15) is 17.0 Å². The highest BCUT2D eigenvalue weighted by Crippen LogP contribution is 2.06. The molecule has 0 spiro atoms. The third-order valence-electron chi connectivity index (χ3n) is 3.32. The molecule has 1 aromatic carbocycles. The number of carboxylic acids is 1. The second kappa shape index (κ2) is 11.1. The summed E-state index contributed by atoms with van der Waals surface area (Å²) in [4.78, 5) is 23.1. The number of carbonyl (C=O) groups excluding carboxylic acids is 1. The van der Waals surface area contributed by atoms with Gasteiger partial charge in [0.2, 0.25) is 0 Å². The fraction of sp³-hybridized carbons (Fsp3) is 0.353. The first kappa shape index (κ1) is 20.5. The second-order valence-corrected chi connectivity index (χ2v) is 6.10. The Bertz CT molecular complexity index is 673. The van der Waals surface area contributed by atoms with Crippen LogP contribution in [0.1, 0.15) is 12.0 Å². The lowest BCUT2D eigenvalue weighted by Gasteiger charge is -2.13. The average molecular weight is 365 g/mol. The van der Waals surface area contributed by atoms with E-state index in [-0.39, 0.29) is 17.8 Å². The molecule has 0 bridgehead atoms. The van der Waals surface area contributed by atoms with Crippen LogP contribution in [0.3, 0.4) is 0 Å². The molecule has 0 aromatic heterocycles. The summed E-state index contributed by atoms with van der Waals surface area (Å²) in [5.41, 5.74) is 0.290. The molecule has 0 saturated heterocycles. The number of halogens is 1. The number of nitrogens with one attached hydrogen (secondary N) is 2. The van der Waals surface area contributed by atoms with Crippen LogP contribution in [-0.2, 0) is 16.0 Å². The Morgan fingerprint density at radius 3 is 2.76 bits per heavy atom. The molecule has 0 saturated carbocycles. The number of carboxylic acid groups (broad SMARTS) is 1. The molecule has 0 aliphatic heterocycles. The molecular weight excluding hydrogens is 345 g/mol. The third-order valence-corrected chi connectivity index (χ3v) is 3.97. The Kier molecular flexibility index (Phi) is 9.11. The zero-order valence-corrected chi connectivity index (χ0v) is 14.6. The first-order valence-electron chi connectivity index (χ1n) is 7.59. The number of amides is 1. The summed E-state index contributed by atoms with van der Waals surface area (Å²) in [5, 5.41) is 23.2. The van der Waals surface area contributed by atoms with Gasteiger partial charge in [0.1, 0.15) is 23.5 Å². The molecule has 1 rings (SSSR count). The number of thioether (sulfide) groups is 1. The van der Waals surface area contributed by atoms with E-state index >= 15 is 0 Å². The van der Waals surface area contributed by atoms with Crippen LogP contribution in [-0.4, -0.2) is 41.6 Å². The topological polar surface area (TPSA) is 102 Å². The van der Waals surface area contributed by atoms with E-state index in [1.165, 1.54) is 24.0 Å². The molecule has 3 N–H and O–H groups in total. The molecule has 8 heteroatoms. The van der Waals surface area contributed by atoms with Gasteiger partial charge in [-0.3, -0.25) is 4.79 Å². The van der Waals surface area contributed by atoms with Gasteiger partial charge >= 0.3 is 5.97 Å². The van der Waals surface area contributed by atoms with Crippen molar-refractivity contribution < 1.29 is 19.1 Å². The lowest BCUT2D eigenvalue weighted by molar-refractivity contribution is -0.141. The van der Waals surface area contributed by atoms with E-state index in [9.17, 15) is 14.0 Å². The Balaban J connectivity index is 2.57. The normalized spacial score (nSPS) is 12.1. The van der Waals surface area contributed by atoms with Gasteiger partial charge in [-0.05, 0) is 36.5 Å². The summed E-state index contributed by atoms with van der Waals surface area (Å²) in [6.07, 6.45) is 3.70. The predicted molar refractivity (Wildman–Crippen MR) is 94.4 cm³/mol. The van der Waals surface area contributed by atoms with Crippen molar-refractivity contribution in [1.82, 2.24) is 10.6 Å². The lowest BCUT2D eigenvalue weighted by atomic mass is 10.1. The quantitative estimate of drug-likeness (QED) is 0.331. The highest BCUT2D eigenvalue weighted by atomic mass is 32.2. The standard InChI is InChI=1S/C17H20FN3O3S/c1-25-9-7-15(17(23)24)21-16(22)13(10-19)11-20-8-6-12-4-2-3-5-14(12)18/h2-5,11,15,20H,6-9H2,1H3,(H,21,22)(H,23,24)/b13-11-. The summed E-state index contributed by atoms with van der Waals surface area (Å²) in [6.45, 7) is 0.328. The maximum atomic E-state index is 13.5. The summed E-state index contributed by atoms with van der Waals surface area (Å²) < 4.78 is 13.5. The van der Waals surface area contributed by atoms with Crippen LogP contribution >= 0.6 is 11.8 Å². The first-order valence-corrected chi connectivity index (χ1v) is 8.98. The van der Waals surface area contributed by atoms with Crippen molar-refractivity contribution in [2.24, 2.45) is 0 Å². The molecule has 1 unspecified atom stereocenters. The number of hydrogen-bond acceptors (Lipinski definition) is 5. The van der Waals surface area contributed by atoms with E-state index in [1.807, 2.05) is 6.26 Å². The minimum absolute atomic E-state index is 0.232. The Hall–Kier alpha value is -2.53. The first-order chi connectivity index (χ1) is 12.0. The molecule has 0 radical (unpaired) electrons. The van der Waals surface area contributed by atoms with E-state index in [0.29, 0.717) is 24.3 Å². The highest BCUT2D eigenvalue weighted by molar-refractivity contribution is 7.98. The smallest absolute Gasteiger partial charge is 0.326 e. The number of nitriles is 1. The Labute approximate surface area is 150 Å². The van der Waals surface area contributed by atoms with Crippen LogP contribution in [0.25, 0.3) is 0 Å². The fourth-order valence-electron chi connectivity index (χ4n) is 1.96. The maximum Gasteiger partial charge on any atom is 0.326 e. The van der Waals surface area contributed by atoms with Crippen molar-refractivity contribution in [3.05, 3.63) is 47.4 Å². The van der Waals surface area contributed by atoms with Crippen molar-refractivity contribution in [2.45, 2.75) is 18.9 Å². The lowest BCUT2D eigenvalue weighted by Crippen LogP contribution is -2.41. The van der Waals surface area contributed by atoms with E-state index < -0.39 is 17.9 Å². The SMILES string of the molecule is CSCCC(NC(=O)/C(C#N)=C\NCCc1ccccc1F)C(=O)O. The van der Waals surface area contributed by atoms with Crippen LogP contribution in [0, 0.1) is 17.1 Å². The molecule has 1 aromatic rings. The van der Waals surface area contributed by atoms with Crippen molar-refractivity contribution in [3.63, 3.8) is 0 Å². The number of aliphatic carboxylic acids is 1. The molecule has 0 aliphatic carbocycles. The minimum Gasteiger partial charge on any atom is -0.480 e. The predicted octanol–water partition coefficient (Wildman–Crippen LogP) is 1.69. The Morgan fingerprint density at radius 2 is 2.16 bits per heavy atom. The molecule has 1 atom stereocenters. The van der Waals surface area contributed by atoms with Gasteiger partial charge in [0.15, 0.2) is 0 Å². The van der Waals surface area contributed by atoms with Crippen LogP contribution in [0.5, 0.6) is 0 Å². The average Bonchev–Trinajstić information content (AvgIpc) is 2.59. The fourth-order valence-corrected chi connectivity index (χ4v) is 2.43. The summed E-state index contributed by atoms with van der Waals surface area (Å²) >= 11 is 1.47. The number of nitrogens with zero attached hydrogens (tertiary/aromatic N) is 1. The molecule has 0 aliphatic rings. The van der Waals surface area contributed by atoms with Gasteiger partial charge in [-0.25, -0.2) is 9.18 Å². The van der Waals surface area contributed by atoms with Gasteiger partial charge in [-0.1, -0.05) is 18.2 Å². The number of hydrogen-bond donors (Lipinski definition) is 3. The van der Waals surface area contributed by atoms with E-state index in [2.05, 4.69) is 10.6 Å². The zero-order valence-electron chi connectivity index (χ0n) is 13.8. The molecule has 6 nitrogen and oxygen atoms in total. The molecule has 0 fully saturated rings. The number of rotatable bonds is 10. The zero-order chi connectivity index (χ0) is 18.7. The van der Waals surface area contributed by atoms with E-state index in [1.54, 1.807) is 24.3 Å².